The third-order valence-electron chi connectivity index (χ3n) is 3.13. The van der Waals surface area contributed by atoms with E-state index in [0.717, 1.165) is 0 Å². The van der Waals surface area contributed by atoms with Crippen LogP contribution in [-0.2, 0) is 0 Å². The highest BCUT2D eigenvalue weighted by atomic mass is 79.9. The summed E-state index contributed by atoms with van der Waals surface area (Å²) in [7, 11) is -1.06. The van der Waals surface area contributed by atoms with E-state index in [9.17, 15) is 0 Å². The van der Waals surface area contributed by atoms with Crippen molar-refractivity contribution in [2.45, 2.75) is 25.9 Å². The van der Waals surface area contributed by atoms with Crippen LogP contribution in [0.15, 0.2) is 28.7 Å². The Hall–Kier alpha value is 0.130. The molecule has 0 aliphatic rings. The smallest absolute Gasteiger partial charge is 0.0608 e. The molecule has 0 radical (unpaired) electrons. The van der Waals surface area contributed by atoms with Crippen LogP contribution in [0.4, 0.5) is 0 Å². The molecule has 0 unspecified atom stereocenters. The second kappa shape index (κ2) is 3.94. The van der Waals surface area contributed by atoms with E-state index in [1.54, 1.807) is 0 Å². The molecule has 0 N–H and O–H groups in total. The van der Waals surface area contributed by atoms with Crippen molar-refractivity contribution < 1.29 is 0 Å². The SMILES string of the molecule is CC(C)(C)[P+](C)(C)c1ccccc1Br. The molecule has 0 bridgehead atoms. The van der Waals surface area contributed by atoms with Gasteiger partial charge in [-0.15, -0.1) is 0 Å². The Balaban J connectivity index is 3.23. The predicted molar refractivity (Wildman–Crippen MR) is 72.3 cm³/mol. The van der Waals surface area contributed by atoms with Crippen molar-refractivity contribution in [2.24, 2.45) is 0 Å². The summed E-state index contributed by atoms with van der Waals surface area (Å²) >= 11 is 3.65. The minimum absolute atomic E-state index is 0.372. The number of hydrogen-bond donors (Lipinski definition) is 0. The third-order valence-corrected chi connectivity index (χ3v) is 9.08. The number of hydrogen-bond acceptors (Lipinski definition) is 0. The average Bonchev–Trinajstić information content (AvgIpc) is 2.02. The predicted octanol–water partition coefficient (Wildman–Crippen LogP) is 4.15. The van der Waals surface area contributed by atoms with Crippen molar-refractivity contribution in [3.8, 4) is 0 Å². The molecule has 78 valence electrons. The third kappa shape index (κ3) is 2.20. The van der Waals surface area contributed by atoms with Gasteiger partial charge in [-0.1, -0.05) is 12.1 Å². The van der Waals surface area contributed by atoms with Gasteiger partial charge >= 0.3 is 0 Å². The molecule has 0 aromatic heterocycles. The summed E-state index contributed by atoms with van der Waals surface area (Å²) in [6, 6.07) is 8.61. The first-order chi connectivity index (χ1) is 6.27. The highest BCUT2D eigenvalue weighted by Gasteiger charge is 2.43. The maximum absolute atomic E-state index is 3.65. The van der Waals surface area contributed by atoms with Gasteiger partial charge in [0.2, 0.25) is 0 Å². The van der Waals surface area contributed by atoms with Crippen molar-refractivity contribution in [1.82, 2.24) is 0 Å². The largest absolute Gasteiger partial charge is 0.108 e. The van der Waals surface area contributed by atoms with Crippen molar-refractivity contribution >= 4 is 28.5 Å². The molecule has 0 heterocycles. The van der Waals surface area contributed by atoms with E-state index in [1.807, 2.05) is 0 Å². The molecule has 1 rings (SSSR count). The molecule has 0 amide bonds. The summed E-state index contributed by atoms with van der Waals surface area (Å²) in [4.78, 5) is 0. The Morgan fingerprint density at radius 2 is 1.57 bits per heavy atom. The summed E-state index contributed by atoms with van der Waals surface area (Å²) in [5, 5.41) is 1.86. The quantitative estimate of drug-likeness (QED) is 0.675. The zero-order valence-corrected chi connectivity index (χ0v) is 12.1. The molecule has 0 spiro atoms. The minimum atomic E-state index is -1.06. The first kappa shape index (κ1) is 12.2. The molecule has 0 atom stereocenters. The molecule has 1 aromatic carbocycles. The van der Waals surface area contributed by atoms with Gasteiger partial charge in [0.15, 0.2) is 0 Å². The van der Waals surface area contributed by atoms with Crippen LogP contribution < -0.4 is 5.30 Å². The fourth-order valence-electron chi connectivity index (χ4n) is 1.27. The van der Waals surface area contributed by atoms with Gasteiger partial charge in [0, 0.05) is 7.26 Å². The number of halogens is 1. The van der Waals surface area contributed by atoms with Crippen molar-refractivity contribution in [2.75, 3.05) is 13.3 Å². The Bertz CT molecular complexity index is 323. The Labute approximate surface area is 96.6 Å². The van der Waals surface area contributed by atoms with E-state index in [-0.39, 0.29) is 0 Å². The standard InChI is InChI=1S/C12H19BrP/c1-12(2,3)14(4,5)11-9-7-6-8-10(11)13/h6-9H,1-5H3/q+1. The van der Waals surface area contributed by atoms with Gasteiger partial charge in [-0.3, -0.25) is 0 Å². The summed E-state index contributed by atoms with van der Waals surface area (Å²) in [5.74, 6) is 0. The van der Waals surface area contributed by atoms with Crippen LogP contribution in [0.3, 0.4) is 0 Å². The van der Waals surface area contributed by atoms with Crippen molar-refractivity contribution in [3.63, 3.8) is 0 Å². The number of rotatable bonds is 1. The maximum Gasteiger partial charge on any atom is 0.108 e. The maximum atomic E-state index is 3.65. The molecule has 2 heteroatoms. The first-order valence-corrected chi connectivity index (χ1v) is 8.33. The van der Waals surface area contributed by atoms with E-state index in [1.165, 1.54) is 9.78 Å². The Morgan fingerprint density at radius 1 is 1.07 bits per heavy atom. The molecule has 1 aromatic rings. The average molecular weight is 274 g/mol. The Kier molecular flexibility index (Phi) is 3.44. The summed E-state index contributed by atoms with van der Waals surface area (Å²) < 4.78 is 1.26. The van der Waals surface area contributed by atoms with Gasteiger partial charge in [-0.05, 0) is 48.8 Å². The first-order valence-electron chi connectivity index (χ1n) is 4.86. The van der Waals surface area contributed by atoms with Crippen LogP contribution in [0, 0.1) is 0 Å². The molecule has 0 fully saturated rings. The summed E-state index contributed by atoms with van der Waals surface area (Å²) in [5.41, 5.74) is 0. The van der Waals surface area contributed by atoms with Crippen LogP contribution in [0.5, 0.6) is 0 Å². The van der Waals surface area contributed by atoms with Gasteiger partial charge in [-0.2, -0.15) is 0 Å². The van der Waals surface area contributed by atoms with Crippen molar-refractivity contribution in [1.29, 1.82) is 0 Å². The zero-order chi connectivity index (χ0) is 11.0. The second-order valence-electron chi connectivity index (χ2n) is 5.08. The van der Waals surface area contributed by atoms with Gasteiger partial charge in [0.1, 0.15) is 5.30 Å². The van der Waals surface area contributed by atoms with E-state index in [0.29, 0.717) is 5.16 Å². The molecule has 0 aliphatic heterocycles. The van der Waals surface area contributed by atoms with E-state index in [4.69, 9.17) is 0 Å². The van der Waals surface area contributed by atoms with Crippen LogP contribution >= 0.6 is 23.2 Å². The fourth-order valence-corrected chi connectivity index (χ4v) is 4.67. The molecular formula is C12H19BrP+. The molecule has 0 nitrogen and oxygen atoms in total. The van der Waals surface area contributed by atoms with Gasteiger partial charge in [0.05, 0.1) is 23.0 Å². The lowest BCUT2D eigenvalue weighted by Gasteiger charge is -2.32. The van der Waals surface area contributed by atoms with E-state index in [2.05, 4.69) is 74.3 Å². The lowest BCUT2D eigenvalue weighted by molar-refractivity contribution is 0.781. The molecule has 0 saturated carbocycles. The van der Waals surface area contributed by atoms with Crippen LogP contribution in [0.1, 0.15) is 20.8 Å². The molecular weight excluding hydrogens is 255 g/mol. The fraction of sp³-hybridized carbons (Fsp3) is 0.500. The number of benzene rings is 1. The second-order valence-corrected chi connectivity index (χ2v) is 10.7. The zero-order valence-electron chi connectivity index (χ0n) is 9.63. The minimum Gasteiger partial charge on any atom is -0.0608 e. The normalized spacial score (nSPS) is 13.0. The molecule has 14 heavy (non-hydrogen) atoms. The highest BCUT2D eigenvalue weighted by Crippen LogP contribution is 2.62. The van der Waals surface area contributed by atoms with Gasteiger partial charge in [-0.25, -0.2) is 0 Å². The Morgan fingerprint density at radius 3 is 2.00 bits per heavy atom. The lowest BCUT2D eigenvalue weighted by atomic mass is 10.3. The summed E-state index contributed by atoms with van der Waals surface area (Å²) in [6.45, 7) is 11.8. The van der Waals surface area contributed by atoms with E-state index >= 15 is 0 Å². The van der Waals surface area contributed by atoms with Crippen LogP contribution in [0.25, 0.3) is 0 Å². The van der Waals surface area contributed by atoms with Crippen LogP contribution in [0.2, 0.25) is 0 Å². The van der Waals surface area contributed by atoms with Gasteiger partial charge in [0.25, 0.3) is 0 Å². The molecule has 0 aliphatic carbocycles. The topological polar surface area (TPSA) is 0 Å². The lowest BCUT2D eigenvalue weighted by Crippen LogP contribution is -2.27. The van der Waals surface area contributed by atoms with Crippen molar-refractivity contribution in [3.05, 3.63) is 28.7 Å². The summed E-state index contributed by atoms with van der Waals surface area (Å²) in [6.07, 6.45) is 0. The van der Waals surface area contributed by atoms with Gasteiger partial charge < -0.3 is 0 Å². The molecule has 0 saturated heterocycles. The monoisotopic (exact) mass is 273 g/mol. The highest BCUT2D eigenvalue weighted by molar-refractivity contribution is 9.10. The van der Waals surface area contributed by atoms with Crippen LogP contribution in [-0.4, -0.2) is 18.5 Å². The van der Waals surface area contributed by atoms with E-state index < -0.39 is 7.26 Å².